The number of benzene rings is 1. The van der Waals surface area contributed by atoms with Gasteiger partial charge in [-0.25, -0.2) is 4.79 Å². The first-order valence-corrected chi connectivity index (χ1v) is 7.95. The minimum atomic E-state index is -0.528. The number of nitrogens with one attached hydrogen (secondary N) is 2. The van der Waals surface area contributed by atoms with Crippen molar-refractivity contribution in [3.8, 4) is 0 Å². The number of amides is 1. The van der Waals surface area contributed by atoms with Crippen molar-refractivity contribution >= 4 is 28.7 Å². The van der Waals surface area contributed by atoms with Gasteiger partial charge in [-0.2, -0.15) is 5.10 Å². The maximum Gasteiger partial charge on any atom is 0.356 e. The number of aromatic amines is 1. The third-order valence-electron chi connectivity index (χ3n) is 4.63. The lowest BCUT2D eigenvalue weighted by Gasteiger charge is -2.21. The van der Waals surface area contributed by atoms with Crippen molar-refractivity contribution in [2.75, 3.05) is 12.4 Å². The van der Waals surface area contributed by atoms with Crippen molar-refractivity contribution in [2.24, 2.45) is 0 Å². The number of carbonyl (C=O) groups excluding carboxylic acids is 2. The fourth-order valence-corrected chi connectivity index (χ4v) is 3.42. The van der Waals surface area contributed by atoms with Gasteiger partial charge in [-0.3, -0.25) is 9.89 Å². The largest absolute Gasteiger partial charge is 0.464 e. The van der Waals surface area contributed by atoms with Gasteiger partial charge in [0, 0.05) is 17.4 Å². The quantitative estimate of drug-likeness (QED) is 0.700. The number of rotatable bonds is 2. The Hall–Kier alpha value is -3.09. The summed E-state index contributed by atoms with van der Waals surface area (Å²) in [7, 11) is 1.31. The van der Waals surface area contributed by atoms with Crippen LogP contribution in [0.25, 0.3) is 11.0 Å². The number of fused-ring (bicyclic) bond motifs is 2. The van der Waals surface area contributed by atoms with Gasteiger partial charge < -0.3 is 14.5 Å². The average Bonchev–Trinajstić information content (AvgIpc) is 3.15. The molecule has 3 heterocycles. The summed E-state index contributed by atoms with van der Waals surface area (Å²) in [4.78, 5) is 24.2. The van der Waals surface area contributed by atoms with E-state index in [4.69, 9.17) is 9.15 Å². The van der Waals surface area contributed by atoms with Crippen LogP contribution in [0.1, 0.15) is 45.3 Å². The van der Waals surface area contributed by atoms with Crippen molar-refractivity contribution in [2.45, 2.75) is 26.2 Å². The van der Waals surface area contributed by atoms with Gasteiger partial charge >= 0.3 is 5.97 Å². The molecule has 128 valence electrons. The molecule has 1 atom stereocenters. The van der Waals surface area contributed by atoms with Crippen LogP contribution in [0.4, 0.5) is 5.82 Å². The number of aromatic nitrogens is 2. The third kappa shape index (κ3) is 2.31. The Morgan fingerprint density at radius 3 is 2.92 bits per heavy atom. The number of aryl methyl sites for hydroxylation is 2. The number of nitrogens with zero attached hydrogens (tertiary/aromatic N) is 1. The van der Waals surface area contributed by atoms with Gasteiger partial charge in [0.25, 0.3) is 0 Å². The van der Waals surface area contributed by atoms with Gasteiger partial charge in [0.05, 0.1) is 13.0 Å². The highest BCUT2D eigenvalue weighted by Crippen LogP contribution is 2.42. The molecule has 2 aromatic heterocycles. The molecule has 4 rings (SSSR count). The van der Waals surface area contributed by atoms with E-state index in [1.54, 1.807) is 0 Å². The van der Waals surface area contributed by atoms with Crippen LogP contribution < -0.4 is 5.32 Å². The molecule has 0 radical (unpaired) electrons. The Balaban J connectivity index is 1.92. The number of anilines is 1. The summed E-state index contributed by atoms with van der Waals surface area (Å²) in [5, 5.41) is 10.4. The third-order valence-corrected chi connectivity index (χ3v) is 4.63. The van der Waals surface area contributed by atoms with Gasteiger partial charge in [-0.15, -0.1) is 0 Å². The van der Waals surface area contributed by atoms with Crippen LogP contribution in [0.2, 0.25) is 0 Å². The Bertz CT molecular complexity index is 1010. The fourth-order valence-electron chi connectivity index (χ4n) is 3.42. The summed E-state index contributed by atoms with van der Waals surface area (Å²) in [5.41, 5.74) is 3.68. The first-order chi connectivity index (χ1) is 12.0. The van der Waals surface area contributed by atoms with Crippen molar-refractivity contribution in [3.63, 3.8) is 0 Å². The summed E-state index contributed by atoms with van der Waals surface area (Å²) in [6.45, 7) is 3.98. The number of hydrogen-bond acceptors (Lipinski definition) is 5. The molecule has 0 spiro atoms. The number of methoxy groups -OCH3 is 1. The lowest BCUT2D eigenvalue weighted by Crippen LogP contribution is -2.24. The molecule has 2 N–H and O–H groups in total. The topological polar surface area (TPSA) is 97.2 Å². The van der Waals surface area contributed by atoms with Crippen LogP contribution in [-0.2, 0) is 9.53 Å². The van der Waals surface area contributed by atoms with E-state index in [1.807, 2.05) is 26.0 Å². The summed E-state index contributed by atoms with van der Waals surface area (Å²) < 4.78 is 10.9. The first-order valence-electron chi connectivity index (χ1n) is 7.95. The zero-order chi connectivity index (χ0) is 17.7. The molecular formula is C18H17N3O4. The minimum absolute atomic E-state index is 0.170. The predicted molar refractivity (Wildman–Crippen MR) is 90.7 cm³/mol. The molecule has 1 aliphatic heterocycles. The van der Waals surface area contributed by atoms with Crippen LogP contribution in [0.15, 0.2) is 22.6 Å². The highest BCUT2D eigenvalue weighted by Gasteiger charge is 2.37. The number of esters is 1. The van der Waals surface area contributed by atoms with E-state index >= 15 is 0 Å². The standard InChI is InChI=1S/C18H17N3O4/c1-8-4-5-12-10(6-8)9(2)16(25-12)11-7-13(22)19-17-14(11)15(20-21-17)18(23)24-3/h4-6,11H,7H2,1-3H3,(H2,19,20,21,22)/t11-/m1/s1. The van der Waals surface area contributed by atoms with Gasteiger partial charge in [-0.05, 0) is 31.5 Å². The molecule has 0 saturated heterocycles. The Labute approximate surface area is 143 Å². The molecule has 1 amide bonds. The van der Waals surface area contributed by atoms with Crippen molar-refractivity contribution in [3.05, 3.63) is 46.3 Å². The Morgan fingerprint density at radius 1 is 1.36 bits per heavy atom. The van der Waals surface area contributed by atoms with Gasteiger partial charge in [-0.1, -0.05) is 11.6 Å². The molecule has 0 unspecified atom stereocenters. The summed E-state index contributed by atoms with van der Waals surface area (Å²) >= 11 is 0. The predicted octanol–water partition coefficient (Wildman–Crippen LogP) is 3.03. The monoisotopic (exact) mass is 339 g/mol. The number of furan rings is 1. The SMILES string of the molecule is COC(=O)c1[nH]nc2c1[C@H](c1oc3ccc(C)cc3c1C)CC(=O)N2. The normalized spacial score (nSPS) is 16.6. The molecule has 1 aromatic carbocycles. The number of carbonyl (C=O) groups is 2. The molecule has 7 nitrogen and oxygen atoms in total. The molecule has 1 aliphatic rings. The van der Waals surface area contributed by atoms with Crippen LogP contribution in [0.3, 0.4) is 0 Å². The summed E-state index contributed by atoms with van der Waals surface area (Å²) in [6.07, 6.45) is 0.177. The van der Waals surface area contributed by atoms with E-state index in [-0.39, 0.29) is 18.0 Å². The van der Waals surface area contributed by atoms with Gasteiger partial charge in [0.15, 0.2) is 5.82 Å². The van der Waals surface area contributed by atoms with E-state index < -0.39 is 11.9 Å². The lowest BCUT2D eigenvalue weighted by molar-refractivity contribution is -0.116. The molecule has 0 bridgehead atoms. The fraction of sp³-hybridized carbons (Fsp3) is 0.278. The van der Waals surface area contributed by atoms with E-state index in [2.05, 4.69) is 21.6 Å². The zero-order valence-corrected chi connectivity index (χ0v) is 14.1. The zero-order valence-electron chi connectivity index (χ0n) is 14.1. The van der Waals surface area contributed by atoms with Crippen LogP contribution in [-0.4, -0.2) is 29.2 Å². The van der Waals surface area contributed by atoms with Crippen molar-refractivity contribution in [1.82, 2.24) is 10.2 Å². The Morgan fingerprint density at radius 2 is 2.16 bits per heavy atom. The maximum absolute atomic E-state index is 12.1. The molecule has 7 heteroatoms. The number of hydrogen-bond donors (Lipinski definition) is 2. The second-order valence-corrected chi connectivity index (χ2v) is 6.25. The second kappa shape index (κ2) is 5.47. The van der Waals surface area contributed by atoms with Crippen LogP contribution >= 0.6 is 0 Å². The molecule has 0 aliphatic carbocycles. The molecule has 0 saturated carbocycles. The molecule has 0 fully saturated rings. The Kier molecular flexibility index (Phi) is 3.38. The molecule has 3 aromatic rings. The minimum Gasteiger partial charge on any atom is -0.464 e. The van der Waals surface area contributed by atoms with Crippen molar-refractivity contribution < 1.29 is 18.7 Å². The first kappa shape index (κ1) is 15.4. The molecular weight excluding hydrogens is 322 g/mol. The number of ether oxygens (including phenoxy) is 1. The lowest BCUT2D eigenvalue weighted by atomic mass is 9.87. The second-order valence-electron chi connectivity index (χ2n) is 6.25. The van der Waals surface area contributed by atoms with Crippen LogP contribution in [0, 0.1) is 13.8 Å². The summed E-state index contributed by atoms with van der Waals surface area (Å²) in [6, 6.07) is 5.95. The summed E-state index contributed by atoms with van der Waals surface area (Å²) in [5.74, 6) is -0.0822. The average molecular weight is 339 g/mol. The highest BCUT2D eigenvalue weighted by molar-refractivity contribution is 5.99. The van der Waals surface area contributed by atoms with Gasteiger partial charge in [0.1, 0.15) is 17.0 Å². The smallest absolute Gasteiger partial charge is 0.356 e. The van der Waals surface area contributed by atoms with E-state index in [9.17, 15) is 9.59 Å². The number of H-pyrrole nitrogens is 1. The van der Waals surface area contributed by atoms with E-state index in [0.29, 0.717) is 17.1 Å². The van der Waals surface area contributed by atoms with E-state index in [1.165, 1.54) is 7.11 Å². The van der Waals surface area contributed by atoms with E-state index in [0.717, 1.165) is 22.1 Å². The van der Waals surface area contributed by atoms with Gasteiger partial charge in [0.2, 0.25) is 5.91 Å². The highest BCUT2D eigenvalue weighted by atomic mass is 16.5. The maximum atomic E-state index is 12.1. The van der Waals surface area contributed by atoms with Crippen molar-refractivity contribution in [1.29, 1.82) is 0 Å². The van der Waals surface area contributed by atoms with Crippen LogP contribution in [0.5, 0.6) is 0 Å². The molecule has 25 heavy (non-hydrogen) atoms.